The summed E-state index contributed by atoms with van der Waals surface area (Å²) in [6, 6.07) is 1.88. The van der Waals surface area contributed by atoms with Crippen molar-refractivity contribution in [3.8, 4) is 0 Å². The number of H-pyrrole nitrogens is 1. The zero-order chi connectivity index (χ0) is 20.8. The largest absolute Gasteiger partial charge is 0.337 e. The number of hydrogen-bond donors (Lipinski definition) is 1. The van der Waals surface area contributed by atoms with Gasteiger partial charge in [0.05, 0.1) is 29.5 Å². The highest BCUT2D eigenvalue weighted by molar-refractivity contribution is 5.81. The van der Waals surface area contributed by atoms with E-state index < -0.39 is 0 Å². The molecule has 2 aromatic heterocycles. The standard InChI is InChI=1S/C22H29N5O3/c1-2-5-20(28)26-10-4-3-6-18(26)17-12-19-23-16-9-11-25(21(29)14-7-8-14)13-15(16)22(30)27(19)24-17/h12,14,18,24H,2-11,13H2,1H3/t18-/m1/s1. The fourth-order valence-electron chi connectivity index (χ4n) is 4.86. The predicted molar refractivity (Wildman–Crippen MR) is 111 cm³/mol. The van der Waals surface area contributed by atoms with Crippen LogP contribution in [0.2, 0.25) is 0 Å². The molecule has 5 rings (SSSR count). The Morgan fingerprint density at radius 3 is 2.80 bits per heavy atom. The van der Waals surface area contributed by atoms with E-state index in [1.807, 2.05) is 22.8 Å². The number of carbonyl (C=O) groups excluding carboxylic acids is 2. The van der Waals surface area contributed by atoms with Crippen LogP contribution < -0.4 is 5.56 Å². The Labute approximate surface area is 175 Å². The van der Waals surface area contributed by atoms with Gasteiger partial charge in [-0.2, -0.15) is 0 Å². The number of piperidine rings is 1. The average molecular weight is 412 g/mol. The van der Waals surface area contributed by atoms with Gasteiger partial charge in [0.2, 0.25) is 11.8 Å². The summed E-state index contributed by atoms with van der Waals surface area (Å²) >= 11 is 0. The molecule has 4 heterocycles. The van der Waals surface area contributed by atoms with Crippen LogP contribution in [0, 0.1) is 5.92 Å². The smallest absolute Gasteiger partial charge is 0.277 e. The second kappa shape index (κ2) is 7.56. The Bertz CT molecular complexity index is 1050. The van der Waals surface area contributed by atoms with Crippen LogP contribution in [-0.4, -0.2) is 49.3 Å². The summed E-state index contributed by atoms with van der Waals surface area (Å²) in [5, 5.41) is 3.23. The molecule has 8 heteroatoms. The normalized spacial score (nSPS) is 21.7. The van der Waals surface area contributed by atoms with Crippen molar-refractivity contribution in [2.75, 3.05) is 13.1 Å². The van der Waals surface area contributed by atoms with Gasteiger partial charge >= 0.3 is 0 Å². The number of nitrogens with one attached hydrogen (secondary N) is 1. The maximum atomic E-state index is 13.2. The van der Waals surface area contributed by atoms with Gasteiger partial charge in [0.25, 0.3) is 5.56 Å². The van der Waals surface area contributed by atoms with Gasteiger partial charge in [0, 0.05) is 37.9 Å². The van der Waals surface area contributed by atoms with E-state index in [9.17, 15) is 14.4 Å². The van der Waals surface area contributed by atoms with Crippen LogP contribution >= 0.6 is 0 Å². The lowest BCUT2D eigenvalue weighted by Gasteiger charge is -2.35. The number of aromatic nitrogens is 3. The van der Waals surface area contributed by atoms with Crippen molar-refractivity contribution in [2.24, 2.45) is 5.92 Å². The molecule has 0 radical (unpaired) electrons. The highest BCUT2D eigenvalue weighted by Crippen LogP contribution is 2.33. The summed E-state index contributed by atoms with van der Waals surface area (Å²) in [5.74, 6) is 0.500. The zero-order valence-corrected chi connectivity index (χ0v) is 17.5. The Kier molecular flexibility index (Phi) is 4.87. The predicted octanol–water partition coefficient (Wildman–Crippen LogP) is 2.17. The molecule has 1 saturated carbocycles. The van der Waals surface area contributed by atoms with Crippen LogP contribution in [0.5, 0.6) is 0 Å². The third kappa shape index (κ3) is 3.32. The van der Waals surface area contributed by atoms with E-state index in [1.54, 1.807) is 0 Å². The minimum absolute atomic E-state index is 0.0381. The van der Waals surface area contributed by atoms with Crippen molar-refractivity contribution in [1.29, 1.82) is 0 Å². The maximum Gasteiger partial charge on any atom is 0.277 e. The summed E-state index contributed by atoms with van der Waals surface area (Å²) in [6.45, 7) is 3.75. The molecular formula is C22H29N5O3. The number of fused-ring (bicyclic) bond motifs is 2. The van der Waals surface area contributed by atoms with Crippen molar-refractivity contribution in [3.05, 3.63) is 33.4 Å². The van der Waals surface area contributed by atoms with Crippen LogP contribution in [-0.2, 0) is 22.6 Å². The molecule has 1 N–H and O–H groups in total. The fourth-order valence-corrected chi connectivity index (χ4v) is 4.86. The topological polar surface area (TPSA) is 90.8 Å². The highest BCUT2D eigenvalue weighted by Gasteiger charge is 2.36. The fraction of sp³-hybridized carbons (Fsp3) is 0.636. The van der Waals surface area contributed by atoms with Crippen molar-refractivity contribution < 1.29 is 9.59 Å². The maximum absolute atomic E-state index is 13.2. The monoisotopic (exact) mass is 411 g/mol. The first-order chi connectivity index (χ1) is 14.6. The SMILES string of the molecule is CCCC(=O)N1CCCC[C@@H]1c1cc2nc3c(c(=O)n2[nH]1)CN(C(=O)C1CC1)CC3. The van der Waals surface area contributed by atoms with E-state index in [-0.39, 0.29) is 29.3 Å². The molecule has 3 aliphatic rings. The van der Waals surface area contributed by atoms with E-state index >= 15 is 0 Å². The van der Waals surface area contributed by atoms with Crippen LogP contribution in [0.25, 0.3) is 5.65 Å². The lowest BCUT2D eigenvalue weighted by Crippen LogP contribution is -2.41. The minimum atomic E-state index is -0.128. The number of amides is 2. The molecular weight excluding hydrogens is 382 g/mol. The zero-order valence-electron chi connectivity index (χ0n) is 17.5. The molecule has 0 spiro atoms. The van der Waals surface area contributed by atoms with Gasteiger partial charge in [-0.15, -0.1) is 0 Å². The third-order valence-corrected chi connectivity index (χ3v) is 6.67. The van der Waals surface area contributed by atoms with Crippen LogP contribution in [0.1, 0.15) is 74.9 Å². The number of aromatic amines is 1. The number of carbonyl (C=O) groups is 2. The van der Waals surface area contributed by atoms with Gasteiger partial charge in [-0.3, -0.25) is 19.5 Å². The molecule has 2 amide bonds. The highest BCUT2D eigenvalue weighted by atomic mass is 16.2. The first kappa shape index (κ1) is 19.3. The lowest BCUT2D eigenvalue weighted by atomic mass is 9.98. The first-order valence-corrected chi connectivity index (χ1v) is 11.3. The minimum Gasteiger partial charge on any atom is -0.337 e. The molecule has 30 heavy (non-hydrogen) atoms. The third-order valence-electron chi connectivity index (χ3n) is 6.67. The van der Waals surface area contributed by atoms with E-state index in [1.165, 1.54) is 4.52 Å². The van der Waals surface area contributed by atoms with Gasteiger partial charge in [0.15, 0.2) is 5.65 Å². The molecule has 160 valence electrons. The van der Waals surface area contributed by atoms with E-state index in [0.29, 0.717) is 37.1 Å². The van der Waals surface area contributed by atoms with Gasteiger partial charge in [0.1, 0.15) is 0 Å². The first-order valence-electron chi connectivity index (χ1n) is 11.3. The van der Waals surface area contributed by atoms with Crippen molar-refractivity contribution >= 4 is 17.5 Å². The molecule has 0 aromatic carbocycles. The van der Waals surface area contributed by atoms with E-state index in [2.05, 4.69) is 5.10 Å². The number of rotatable bonds is 4. The average Bonchev–Trinajstić information content (AvgIpc) is 3.52. The molecule has 1 saturated heterocycles. The molecule has 0 bridgehead atoms. The second-order valence-corrected chi connectivity index (χ2v) is 8.88. The molecule has 1 aliphatic carbocycles. The van der Waals surface area contributed by atoms with Crippen LogP contribution in [0.15, 0.2) is 10.9 Å². The summed E-state index contributed by atoms with van der Waals surface area (Å²) in [4.78, 5) is 46.8. The summed E-state index contributed by atoms with van der Waals surface area (Å²) in [5.41, 5.74) is 2.76. The van der Waals surface area contributed by atoms with Gasteiger partial charge < -0.3 is 9.80 Å². The Balaban J connectivity index is 1.47. The van der Waals surface area contributed by atoms with Crippen LogP contribution in [0.4, 0.5) is 0 Å². The van der Waals surface area contributed by atoms with Crippen molar-refractivity contribution in [1.82, 2.24) is 24.4 Å². The van der Waals surface area contributed by atoms with Gasteiger partial charge in [-0.25, -0.2) is 9.50 Å². The quantitative estimate of drug-likeness (QED) is 0.835. The molecule has 2 aliphatic heterocycles. The second-order valence-electron chi connectivity index (χ2n) is 8.88. The summed E-state index contributed by atoms with van der Waals surface area (Å²) < 4.78 is 1.50. The summed E-state index contributed by atoms with van der Waals surface area (Å²) in [7, 11) is 0. The van der Waals surface area contributed by atoms with Crippen molar-refractivity contribution in [2.45, 2.75) is 70.9 Å². The number of nitrogens with zero attached hydrogens (tertiary/aromatic N) is 4. The molecule has 0 unspecified atom stereocenters. The van der Waals surface area contributed by atoms with E-state index in [4.69, 9.17) is 4.98 Å². The van der Waals surface area contributed by atoms with Crippen molar-refractivity contribution in [3.63, 3.8) is 0 Å². The van der Waals surface area contributed by atoms with Gasteiger partial charge in [-0.1, -0.05) is 6.92 Å². The van der Waals surface area contributed by atoms with Crippen LogP contribution in [0.3, 0.4) is 0 Å². The van der Waals surface area contributed by atoms with Gasteiger partial charge in [-0.05, 0) is 38.5 Å². The summed E-state index contributed by atoms with van der Waals surface area (Å²) in [6.07, 6.45) is 6.90. The Hall–Kier alpha value is -2.64. The Morgan fingerprint density at radius 1 is 1.20 bits per heavy atom. The number of hydrogen-bond acceptors (Lipinski definition) is 4. The number of likely N-dealkylation sites (tertiary alicyclic amines) is 1. The molecule has 1 atom stereocenters. The Morgan fingerprint density at radius 2 is 2.03 bits per heavy atom. The molecule has 8 nitrogen and oxygen atoms in total. The van der Waals surface area contributed by atoms with E-state index in [0.717, 1.165) is 56.5 Å². The molecule has 2 aromatic rings. The lowest BCUT2D eigenvalue weighted by molar-refractivity contribution is -0.135. The molecule has 2 fully saturated rings.